The zero-order valence-corrected chi connectivity index (χ0v) is 11.9. The molecule has 1 aromatic heterocycles. The van der Waals surface area contributed by atoms with Crippen molar-refractivity contribution in [2.45, 2.75) is 43.7 Å². The number of carbonyl (C=O) groups excluding carboxylic acids is 1. The molecule has 0 atom stereocenters. The molecule has 0 radical (unpaired) electrons. The first-order chi connectivity index (χ1) is 10.1. The largest absolute Gasteiger partial charge is 0.480 e. The molecule has 0 aromatic carbocycles. The van der Waals surface area contributed by atoms with E-state index in [1.807, 2.05) is 16.8 Å². The highest BCUT2D eigenvalue weighted by Crippen LogP contribution is 2.33. The number of hydrogen-bond donors (Lipinski definition) is 2. The zero-order chi connectivity index (χ0) is 14.9. The van der Waals surface area contributed by atoms with E-state index in [1.165, 1.54) is 6.42 Å². The first-order valence-electron chi connectivity index (χ1n) is 7.43. The molecular weight excluding hydrogens is 272 g/mol. The fourth-order valence-electron chi connectivity index (χ4n) is 2.96. The maximum absolute atomic E-state index is 12.5. The summed E-state index contributed by atoms with van der Waals surface area (Å²) >= 11 is 0. The number of hydrogen-bond acceptors (Lipinski definition) is 3. The number of aromatic nitrogens is 1. The third-order valence-electron chi connectivity index (χ3n) is 4.59. The van der Waals surface area contributed by atoms with Crippen LogP contribution in [0.3, 0.4) is 0 Å². The average Bonchev–Trinajstić information content (AvgIpc) is 2.86. The minimum absolute atomic E-state index is 0.304. The Morgan fingerprint density at radius 1 is 1.33 bits per heavy atom. The van der Waals surface area contributed by atoms with E-state index in [4.69, 9.17) is 4.74 Å². The minimum atomic E-state index is -1.20. The van der Waals surface area contributed by atoms with Gasteiger partial charge >= 0.3 is 5.97 Å². The number of aliphatic carboxylic acids is 1. The van der Waals surface area contributed by atoms with Crippen LogP contribution in [0.2, 0.25) is 0 Å². The van der Waals surface area contributed by atoms with Gasteiger partial charge in [-0.05, 0) is 31.4 Å². The Balaban J connectivity index is 1.78. The molecular formula is C15H20N2O4. The predicted molar refractivity (Wildman–Crippen MR) is 75.2 cm³/mol. The van der Waals surface area contributed by atoms with Gasteiger partial charge in [0.05, 0.1) is 0 Å². The van der Waals surface area contributed by atoms with E-state index in [-0.39, 0.29) is 5.91 Å². The fraction of sp³-hybridized carbons (Fsp3) is 0.600. The highest BCUT2D eigenvalue weighted by atomic mass is 16.5. The summed E-state index contributed by atoms with van der Waals surface area (Å²) in [6, 6.07) is 3.96. The lowest BCUT2D eigenvalue weighted by Gasteiger charge is -2.34. The fourth-order valence-corrected chi connectivity index (χ4v) is 2.96. The Bertz CT molecular complexity index is 542. The summed E-state index contributed by atoms with van der Waals surface area (Å²) in [6.45, 7) is 0.715. The van der Waals surface area contributed by atoms with Gasteiger partial charge in [0, 0.05) is 38.3 Å². The summed E-state index contributed by atoms with van der Waals surface area (Å²) in [6.07, 6.45) is 5.84. The van der Waals surface area contributed by atoms with Crippen molar-refractivity contribution in [2.24, 2.45) is 0 Å². The van der Waals surface area contributed by atoms with Crippen LogP contribution < -0.4 is 5.32 Å². The van der Waals surface area contributed by atoms with Crippen LogP contribution in [0.15, 0.2) is 18.3 Å². The van der Waals surface area contributed by atoms with E-state index in [0.717, 1.165) is 12.8 Å². The topological polar surface area (TPSA) is 80.6 Å². The van der Waals surface area contributed by atoms with Crippen LogP contribution in [0.5, 0.6) is 0 Å². The number of amides is 1. The average molecular weight is 292 g/mol. The van der Waals surface area contributed by atoms with E-state index >= 15 is 0 Å². The summed E-state index contributed by atoms with van der Waals surface area (Å²) in [7, 11) is 0. The third kappa shape index (κ3) is 2.55. The van der Waals surface area contributed by atoms with Crippen LogP contribution in [0.25, 0.3) is 0 Å². The Labute approximate surface area is 123 Å². The molecule has 1 saturated heterocycles. The second-order valence-electron chi connectivity index (χ2n) is 5.84. The van der Waals surface area contributed by atoms with Gasteiger partial charge in [-0.3, -0.25) is 4.79 Å². The van der Waals surface area contributed by atoms with Crippen LogP contribution in [0.1, 0.15) is 48.6 Å². The van der Waals surface area contributed by atoms with Gasteiger partial charge in [-0.2, -0.15) is 0 Å². The van der Waals surface area contributed by atoms with Gasteiger partial charge in [0.15, 0.2) is 0 Å². The number of rotatable bonds is 4. The Kier molecular flexibility index (Phi) is 3.71. The van der Waals surface area contributed by atoms with Crippen LogP contribution in [0.4, 0.5) is 0 Å². The summed E-state index contributed by atoms with van der Waals surface area (Å²) in [5.74, 6) is -1.29. The number of nitrogens with one attached hydrogen (secondary N) is 1. The Morgan fingerprint density at radius 3 is 2.62 bits per heavy atom. The summed E-state index contributed by atoms with van der Waals surface area (Å²) in [5.41, 5.74) is -0.656. The van der Waals surface area contributed by atoms with Crippen LogP contribution >= 0.6 is 0 Å². The molecule has 0 bridgehead atoms. The molecule has 0 spiro atoms. The number of ether oxygens (including phenoxy) is 1. The third-order valence-corrected chi connectivity index (χ3v) is 4.59. The molecule has 2 heterocycles. The van der Waals surface area contributed by atoms with E-state index in [0.29, 0.717) is 37.8 Å². The van der Waals surface area contributed by atoms with Gasteiger partial charge in [0.25, 0.3) is 5.91 Å². The van der Waals surface area contributed by atoms with Crippen LogP contribution in [-0.4, -0.2) is 40.3 Å². The monoisotopic (exact) mass is 292 g/mol. The molecule has 2 N–H and O–H groups in total. The van der Waals surface area contributed by atoms with Gasteiger partial charge in [0.1, 0.15) is 11.2 Å². The second kappa shape index (κ2) is 5.52. The molecule has 3 rings (SSSR count). The van der Waals surface area contributed by atoms with E-state index in [1.54, 1.807) is 6.07 Å². The van der Waals surface area contributed by atoms with Gasteiger partial charge in [-0.25, -0.2) is 4.79 Å². The number of carbonyl (C=O) groups is 2. The van der Waals surface area contributed by atoms with Crippen molar-refractivity contribution in [3.05, 3.63) is 24.0 Å². The molecule has 21 heavy (non-hydrogen) atoms. The van der Waals surface area contributed by atoms with Crippen molar-refractivity contribution < 1.29 is 19.4 Å². The highest BCUT2D eigenvalue weighted by Gasteiger charge is 2.42. The van der Waals surface area contributed by atoms with E-state index in [9.17, 15) is 14.7 Å². The number of carboxylic acids is 1. The van der Waals surface area contributed by atoms with Crippen molar-refractivity contribution in [2.75, 3.05) is 13.2 Å². The standard InChI is InChI=1S/C15H20N2O4/c18-13(12-5-2-8-17(12)11-3-1-4-11)16-15(14(19)20)6-9-21-10-7-15/h2,5,8,11H,1,3-4,6-7,9-10H2,(H,16,18)(H,19,20). The Hall–Kier alpha value is -1.82. The number of carboxylic acid groups (broad SMARTS) is 1. The van der Waals surface area contributed by atoms with Crippen molar-refractivity contribution in [1.29, 1.82) is 0 Å². The molecule has 6 heteroatoms. The SMILES string of the molecule is O=C(NC1(C(=O)O)CCOCC1)c1cccn1C1CCC1. The summed E-state index contributed by atoms with van der Waals surface area (Å²) in [5, 5.41) is 12.2. The predicted octanol–water partition coefficient (Wildman–Crippen LogP) is 1.58. The zero-order valence-electron chi connectivity index (χ0n) is 11.9. The summed E-state index contributed by atoms with van der Waals surface area (Å²) in [4.78, 5) is 24.1. The van der Waals surface area contributed by atoms with Gasteiger partial charge in [0.2, 0.25) is 0 Å². The van der Waals surface area contributed by atoms with Gasteiger partial charge < -0.3 is 19.7 Å². The lowest BCUT2D eigenvalue weighted by molar-refractivity contribution is -0.148. The molecule has 2 aliphatic rings. The van der Waals surface area contributed by atoms with Crippen molar-refractivity contribution in [3.8, 4) is 0 Å². The Morgan fingerprint density at radius 2 is 2.05 bits per heavy atom. The normalized spacial score (nSPS) is 21.5. The lowest BCUT2D eigenvalue weighted by atomic mass is 9.89. The molecule has 1 aromatic rings. The molecule has 1 amide bonds. The van der Waals surface area contributed by atoms with Gasteiger partial charge in [-0.1, -0.05) is 0 Å². The highest BCUT2D eigenvalue weighted by molar-refractivity contribution is 5.96. The van der Waals surface area contributed by atoms with Crippen LogP contribution in [-0.2, 0) is 9.53 Å². The van der Waals surface area contributed by atoms with Crippen molar-refractivity contribution >= 4 is 11.9 Å². The van der Waals surface area contributed by atoms with E-state index < -0.39 is 11.5 Å². The lowest BCUT2D eigenvalue weighted by Crippen LogP contribution is -2.57. The van der Waals surface area contributed by atoms with Crippen molar-refractivity contribution in [1.82, 2.24) is 9.88 Å². The first-order valence-corrected chi connectivity index (χ1v) is 7.43. The van der Waals surface area contributed by atoms with Crippen LogP contribution in [0, 0.1) is 0 Å². The number of nitrogens with zero attached hydrogens (tertiary/aromatic N) is 1. The molecule has 1 saturated carbocycles. The van der Waals surface area contributed by atoms with E-state index in [2.05, 4.69) is 5.32 Å². The molecule has 2 fully saturated rings. The van der Waals surface area contributed by atoms with Crippen molar-refractivity contribution in [3.63, 3.8) is 0 Å². The molecule has 0 unspecified atom stereocenters. The maximum Gasteiger partial charge on any atom is 0.329 e. The summed E-state index contributed by atoms with van der Waals surface area (Å²) < 4.78 is 7.18. The molecule has 6 nitrogen and oxygen atoms in total. The maximum atomic E-state index is 12.5. The quantitative estimate of drug-likeness (QED) is 0.883. The molecule has 1 aliphatic carbocycles. The second-order valence-corrected chi connectivity index (χ2v) is 5.84. The first kappa shape index (κ1) is 14.1. The minimum Gasteiger partial charge on any atom is -0.480 e. The van der Waals surface area contributed by atoms with Gasteiger partial charge in [-0.15, -0.1) is 0 Å². The molecule has 114 valence electrons. The molecule has 1 aliphatic heterocycles. The smallest absolute Gasteiger partial charge is 0.329 e.